The van der Waals surface area contributed by atoms with Crippen molar-refractivity contribution < 1.29 is 9.47 Å². The van der Waals surface area contributed by atoms with E-state index in [0.29, 0.717) is 16.7 Å². The largest absolute Gasteiger partial charge is 0.490 e. The SMILES string of the molecule is CCSc1nnc2c(n1)O[C@@H](c1ccccc1OC1CCCC1)Nc1ccccc1-2. The fourth-order valence-corrected chi connectivity index (χ4v) is 4.47. The number of hydrogen-bond acceptors (Lipinski definition) is 7. The number of aromatic nitrogens is 3. The predicted molar refractivity (Wildman–Crippen MR) is 118 cm³/mol. The number of benzene rings is 2. The topological polar surface area (TPSA) is 69.2 Å². The first-order valence-electron chi connectivity index (χ1n) is 10.5. The molecule has 6 nitrogen and oxygen atoms in total. The van der Waals surface area contributed by atoms with Crippen LogP contribution in [0.4, 0.5) is 5.69 Å². The Morgan fingerprint density at radius 1 is 1.07 bits per heavy atom. The van der Waals surface area contributed by atoms with Gasteiger partial charge in [0.05, 0.1) is 11.7 Å². The van der Waals surface area contributed by atoms with Gasteiger partial charge in [0, 0.05) is 11.3 Å². The first-order chi connectivity index (χ1) is 14.8. The highest BCUT2D eigenvalue weighted by molar-refractivity contribution is 7.99. The van der Waals surface area contributed by atoms with Crippen LogP contribution in [0, 0.1) is 0 Å². The molecule has 5 rings (SSSR count). The Balaban J connectivity index is 1.55. The Labute approximate surface area is 180 Å². The number of para-hydroxylation sites is 2. The smallest absolute Gasteiger partial charge is 0.247 e. The van der Waals surface area contributed by atoms with Crippen molar-refractivity contribution in [1.82, 2.24) is 15.2 Å². The first-order valence-corrected chi connectivity index (χ1v) is 11.5. The average molecular weight is 421 g/mol. The van der Waals surface area contributed by atoms with Gasteiger partial charge in [-0.1, -0.05) is 49.0 Å². The lowest BCUT2D eigenvalue weighted by Crippen LogP contribution is -2.20. The summed E-state index contributed by atoms with van der Waals surface area (Å²) in [5, 5.41) is 12.9. The van der Waals surface area contributed by atoms with Crippen LogP contribution >= 0.6 is 11.8 Å². The minimum absolute atomic E-state index is 0.271. The fourth-order valence-electron chi connectivity index (χ4n) is 3.97. The van der Waals surface area contributed by atoms with Gasteiger partial charge in [0.15, 0.2) is 5.69 Å². The van der Waals surface area contributed by atoms with E-state index in [1.807, 2.05) is 48.5 Å². The minimum atomic E-state index is -0.443. The Hall–Kier alpha value is -2.80. The third-order valence-electron chi connectivity index (χ3n) is 5.40. The van der Waals surface area contributed by atoms with E-state index in [1.54, 1.807) is 11.8 Å². The molecule has 30 heavy (non-hydrogen) atoms. The van der Waals surface area contributed by atoms with E-state index in [2.05, 4.69) is 27.4 Å². The van der Waals surface area contributed by atoms with Crippen LogP contribution in [-0.2, 0) is 0 Å². The van der Waals surface area contributed by atoms with Crippen molar-refractivity contribution in [2.24, 2.45) is 0 Å². The number of nitrogens with one attached hydrogen (secondary N) is 1. The molecule has 1 fully saturated rings. The van der Waals surface area contributed by atoms with E-state index in [4.69, 9.17) is 9.47 Å². The lowest BCUT2D eigenvalue weighted by atomic mass is 10.1. The monoisotopic (exact) mass is 420 g/mol. The van der Waals surface area contributed by atoms with Gasteiger partial charge in [-0.2, -0.15) is 4.98 Å². The van der Waals surface area contributed by atoms with Crippen LogP contribution < -0.4 is 14.8 Å². The second-order valence-electron chi connectivity index (χ2n) is 7.43. The molecule has 1 aliphatic carbocycles. The second kappa shape index (κ2) is 8.52. The Bertz CT molecular complexity index is 1040. The molecular weight excluding hydrogens is 396 g/mol. The normalized spacial score (nSPS) is 18.0. The van der Waals surface area contributed by atoms with Crippen molar-refractivity contribution >= 4 is 17.4 Å². The van der Waals surface area contributed by atoms with Crippen molar-refractivity contribution in [2.75, 3.05) is 11.1 Å². The molecule has 0 spiro atoms. The zero-order valence-corrected chi connectivity index (χ0v) is 17.7. The maximum atomic E-state index is 6.40. The van der Waals surface area contributed by atoms with Gasteiger partial charge in [0.1, 0.15) is 5.75 Å². The molecule has 7 heteroatoms. The van der Waals surface area contributed by atoms with Crippen LogP contribution in [0.15, 0.2) is 53.7 Å². The Morgan fingerprint density at radius 3 is 2.73 bits per heavy atom. The quantitative estimate of drug-likeness (QED) is 0.549. The summed E-state index contributed by atoms with van der Waals surface area (Å²) in [7, 11) is 0. The zero-order chi connectivity index (χ0) is 20.3. The molecule has 1 aromatic heterocycles. The molecule has 3 aromatic rings. The predicted octanol–water partition coefficient (Wildman–Crippen LogP) is 5.48. The summed E-state index contributed by atoms with van der Waals surface area (Å²) < 4.78 is 12.8. The first kappa shape index (κ1) is 19.2. The summed E-state index contributed by atoms with van der Waals surface area (Å²) in [5.74, 6) is 2.21. The number of hydrogen-bond donors (Lipinski definition) is 1. The standard InChI is InChI=1S/C23H24N4O2S/c1-2-30-23-25-22-20(26-27-23)16-11-5-7-13-18(16)24-21(29-22)17-12-6-8-14-19(17)28-15-9-3-4-10-15/h5-8,11-15,21,24H,2-4,9-10H2,1H3/t21-/m0/s1. The van der Waals surface area contributed by atoms with Crippen molar-refractivity contribution in [2.45, 2.75) is 50.1 Å². The van der Waals surface area contributed by atoms with Crippen molar-refractivity contribution in [3.8, 4) is 22.9 Å². The van der Waals surface area contributed by atoms with Crippen LogP contribution in [0.5, 0.6) is 11.6 Å². The Kier molecular flexibility index (Phi) is 5.45. The van der Waals surface area contributed by atoms with Crippen molar-refractivity contribution in [3.05, 3.63) is 54.1 Å². The molecule has 1 saturated carbocycles. The molecular formula is C23H24N4O2S. The molecule has 0 radical (unpaired) electrons. The summed E-state index contributed by atoms with van der Waals surface area (Å²) >= 11 is 1.55. The average Bonchev–Trinajstić information content (AvgIpc) is 3.22. The number of fused-ring (bicyclic) bond motifs is 3. The summed E-state index contributed by atoms with van der Waals surface area (Å²) in [6.07, 6.45) is 4.49. The van der Waals surface area contributed by atoms with Gasteiger partial charge in [-0.05, 0) is 49.6 Å². The third kappa shape index (κ3) is 3.81. The van der Waals surface area contributed by atoms with Gasteiger partial charge >= 0.3 is 0 Å². The molecule has 154 valence electrons. The molecule has 2 aromatic carbocycles. The molecule has 1 N–H and O–H groups in total. The number of rotatable bonds is 5. The van der Waals surface area contributed by atoms with Crippen molar-refractivity contribution in [3.63, 3.8) is 0 Å². The highest BCUT2D eigenvalue weighted by atomic mass is 32.2. The molecule has 2 heterocycles. The second-order valence-corrected chi connectivity index (χ2v) is 8.66. The number of anilines is 1. The molecule has 0 amide bonds. The fraction of sp³-hybridized carbons (Fsp3) is 0.348. The van der Waals surface area contributed by atoms with E-state index >= 15 is 0 Å². The maximum Gasteiger partial charge on any atom is 0.247 e. The number of thioether (sulfide) groups is 1. The minimum Gasteiger partial charge on any atom is -0.490 e. The van der Waals surface area contributed by atoms with E-state index in [0.717, 1.165) is 41.2 Å². The van der Waals surface area contributed by atoms with Crippen LogP contribution in [-0.4, -0.2) is 27.0 Å². The highest BCUT2D eigenvalue weighted by Gasteiger charge is 2.28. The van der Waals surface area contributed by atoms with Gasteiger partial charge in [-0.15, -0.1) is 10.2 Å². The van der Waals surface area contributed by atoms with Gasteiger partial charge < -0.3 is 14.8 Å². The van der Waals surface area contributed by atoms with Gasteiger partial charge in [-0.25, -0.2) is 0 Å². The van der Waals surface area contributed by atoms with Crippen LogP contribution in [0.3, 0.4) is 0 Å². The molecule has 1 aliphatic heterocycles. The van der Waals surface area contributed by atoms with Gasteiger partial charge in [0.25, 0.3) is 0 Å². The van der Waals surface area contributed by atoms with Gasteiger partial charge in [-0.3, -0.25) is 0 Å². The Morgan fingerprint density at radius 2 is 1.87 bits per heavy atom. The summed E-state index contributed by atoms with van der Waals surface area (Å²) in [5.41, 5.74) is 3.46. The lowest BCUT2D eigenvalue weighted by molar-refractivity contribution is 0.187. The van der Waals surface area contributed by atoms with Crippen molar-refractivity contribution in [1.29, 1.82) is 0 Å². The molecule has 2 aliphatic rings. The highest BCUT2D eigenvalue weighted by Crippen LogP contribution is 2.41. The van der Waals surface area contributed by atoms with E-state index in [9.17, 15) is 0 Å². The van der Waals surface area contributed by atoms with E-state index in [1.165, 1.54) is 12.8 Å². The van der Waals surface area contributed by atoms with Gasteiger partial charge in [0.2, 0.25) is 17.3 Å². The van der Waals surface area contributed by atoms with Crippen LogP contribution in [0.2, 0.25) is 0 Å². The maximum absolute atomic E-state index is 6.40. The summed E-state index contributed by atoms with van der Waals surface area (Å²) in [6, 6.07) is 16.1. The number of ether oxygens (including phenoxy) is 2. The number of nitrogens with zero attached hydrogens (tertiary/aromatic N) is 3. The molecule has 0 bridgehead atoms. The van der Waals surface area contributed by atoms with E-state index < -0.39 is 6.23 Å². The van der Waals surface area contributed by atoms with Crippen LogP contribution in [0.25, 0.3) is 11.3 Å². The zero-order valence-electron chi connectivity index (χ0n) is 16.9. The molecule has 0 unspecified atom stereocenters. The molecule has 0 saturated heterocycles. The van der Waals surface area contributed by atoms with E-state index in [-0.39, 0.29) is 6.10 Å². The third-order valence-corrected chi connectivity index (χ3v) is 6.12. The lowest BCUT2D eigenvalue weighted by Gasteiger charge is -2.23. The summed E-state index contributed by atoms with van der Waals surface area (Å²) in [4.78, 5) is 4.66. The van der Waals surface area contributed by atoms with Crippen LogP contribution in [0.1, 0.15) is 44.4 Å². The summed E-state index contributed by atoms with van der Waals surface area (Å²) in [6.45, 7) is 2.07. The molecule has 1 atom stereocenters.